The van der Waals surface area contributed by atoms with Gasteiger partial charge in [0.05, 0.1) is 19.3 Å². The lowest BCUT2D eigenvalue weighted by molar-refractivity contribution is 0.0425. The average Bonchev–Trinajstić information content (AvgIpc) is 2.34. The Morgan fingerprint density at radius 3 is 2.84 bits per heavy atom. The number of fused-ring (bicyclic) bond motifs is 1. The molecule has 1 atom stereocenters. The van der Waals surface area contributed by atoms with Crippen LogP contribution in [-0.4, -0.2) is 18.3 Å². The van der Waals surface area contributed by atoms with Crippen LogP contribution in [0.25, 0.3) is 0 Å². The van der Waals surface area contributed by atoms with Gasteiger partial charge in [0.2, 0.25) is 0 Å². The molecule has 0 radical (unpaired) electrons. The monoisotopic (exact) mass is 264 g/mol. The zero-order valence-corrected chi connectivity index (χ0v) is 11.5. The van der Waals surface area contributed by atoms with Crippen LogP contribution < -0.4 is 10.9 Å². The van der Waals surface area contributed by atoms with Gasteiger partial charge in [-0.05, 0) is 31.9 Å². The largest absolute Gasteiger partial charge is 0.443 e. The summed E-state index contributed by atoms with van der Waals surface area (Å²) in [5.74, 6) is 0. The van der Waals surface area contributed by atoms with Crippen molar-refractivity contribution in [1.29, 1.82) is 0 Å². The van der Waals surface area contributed by atoms with Crippen LogP contribution in [0.1, 0.15) is 37.9 Å². The molecule has 1 amide bonds. The van der Waals surface area contributed by atoms with Gasteiger partial charge in [-0.15, -0.1) is 0 Å². The summed E-state index contributed by atoms with van der Waals surface area (Å²) in [6, 6.07) is 7.96. The molecule has 0 aromatic heterocycles. The molecule has 0 saturated carbocycles. The molecule has 0 spiro atoms. The van der Waals surface area contributed by atoms with E-state index in [1.165, 1.54) is 0 Å². The third-order valence-corrected chi connectivity index (χ3v) is 2.72. The zero-order chi connectivity index (χ0) is 13.9. The first kappa shape index (κ1) is 13.8. The Bertz CT molecular complexity index is 454. The number of hydrogen-bond donors (Lipinski definition) is 2. The summed E-state index contributed by atoms with van der Waals surface area (Å²) in [7, 11) is 0. The number of amides is 1. The molecule has 0 bridgehead atoms. The lowest BCUT2D eigenvalue weighted by Crippen LogP contribution is -2.45. The average molecular weight is 264 g/mol. The normalized spacial score (nSPS) is 18.6. The summed E-state index contributed by atoms with van der Waals surface area (Å²) >= 11 is 0. The van der Waals surface area contributed by atoms with E-state index in [-0.39, 0.29) is 6.04 Å². The van der Waals surface area contributed by atoms with E-state index in [0.29, 0.717) is 13.2 Å². The Labute approximate surface area is 113 Å². The first-order chi connectivity index (χ1) is 8.96. The van der Waals surface area contributed by atoms with E-state index in [0.717, 1.165) is 11.1 Å². The van der Waals surface area contributed by atoms with Gasteiger partial charge in [0.15, 0.2) is 0 Å². The maximum atomic E-state index is 11.6. The molecule has 2 rings (SSSR count). The van der Waals surface area contributed by atoms with E-state index in [4.69, 9.17) is 9.47 Å². The standard InChI is InChI=1S/C14H20N2O3/c1-14(2,3)19-13(17)16-15-12-9-18-8-10-6-4-5-7-11(10)12/h4-7,12,15H,8-9H2,1-3H3,(H,16,17). The molecule has 1 heterocycles. The van der Waals surface area contributed by atoms with Gasteiger partial charge in [-0.2, -0.15) is 0 Å². The van der Waals surface area contributed by atoms with Crippen LogP contribution >= 0.6 is 0 Å². The van der Waals surface area contributed by atoms with Crippen molar-refractivity contribution in [1.82, 2.24) is 10.9 Å². The number of nitrogens with one attached hydrogen (secondary N) is 2. The van der Waals surface area contributed by atoms with Crippen LogP contribution in [-0.2, 0) is 16.1 Å². The molecular formula is C14H20N2O3. The number of hydrogen-bond acceptors (Lipinski definition) is 4. The van der Waals surface area contributed by atoms with Crippen LogP contribution in [0.3, 0.4) is 0 Å². The molecule has 5 nitrogen and oxygen atoms in total. The lowest BCUT2D eigenvalue weighted by atomic mass is 10.00. The molecule has 104 valence electrons. The molecule has 0 aliphatic carbocycles. The molecular weight excluding hydrogens is 244 g/mol. The molecule has 19 heavy (non-hydrogen) atoms. The third-order valence-electron chi connectivity index (χ3n) is 2.72. The van der Waals surface area contributed by atoms with Gasteiger partial charge in [-0.1, -0.05) is 24.3 Å². The summed E-state index contributed by atoms with van der Waals surface area (Å²) < 4.78 is 10.7. The summed E-state index contributed by atoms with van der Waals surface area (Å²) in [5, 5.41) is 0. The van der Waals surface area contributed by atoms with E-state index in [2.05, 4.69) is 10.9 Å². The van der Waals surface area contributed by atoms with E-state index < -0.39 is 11.7 Å². The van der Waals surface area contributed by atoms with Gasteiger partial charge in [0.1, 0.15) is 5.60 Å². The second kappa shape index (κ2) is 5.59. The van der Waals surface area contributed by atoms with Crippen molar-refractivity contribution in [2.24, 2.45) is 0 Å². The highest BCUT2D eigenvalue weighted by Gasteiger charge is 2.22. The Morgan fingerprint density at radius 2 is 2.11 bits per heavy atom. The number of hydrazine groups is 1. The van der Waals surface area contributed by atoms with Crippen LogP contribution in [0.2, 0.25) is 0 Å². The fourth-order valence-electron chi connectivity index (χ4n) is 1.95. The van der Waals surface area contributed by atoms with Crippen LogP contribution in [0.5, 0.6) is 0 Å². The highest BCUT2D eigenvalue weighted by Crippen LogP contribution is 2.23. The maximum Gasteiger partial charge on any atom is 0.422 e. The van der Waals surface area contributed by atoms with Gasteiger partial charge in [-0.3, -0.25) is 5.43 Å². The molecule has 5 heteroatoms. The highest BCUT2D eigenvalue weighted by molar-refractivity contribution is 5.67. The number of rotatable bonds is 2. The fourth-order valence-corrected chi connectivity index (χ4v) is 1.95. The number of ether oxygens (including phenoxy) is 2. The second-order valence-corrected chi connectivity index (χ2v) is 5.54. The minimum Gasteiger partial charge on any atom is -0.443 e. The zero-order valence-electron chi connectivity index (χ0n) is 11.5. The second-order valence-electron chi connectivity index (χ2n) is 5.54. The van der Waals surface area contributed by atoms with Gasteiger partial charge < -0.3 is 9.47 Å². The van der Waals surface area contributed by atoms with Crippen LogP contribution in [0.4, 0.5) is 4.79 Å². The quantitative estimate of drug-likeness (QED) is 0.805. The molecule has 0 saturated heterocycles. The van der Waals surface area contributed by atoms with Crippen molar-refractivity contribution < 1.29 is 14.3 Å². The fraction of sp³-hybridized carbons (Fsp3) is 0.500. The van der Waals surface area contributed by atoms with E-state index in [9.17, 15) is 4.79 Å². The summed E-state index contributed by atoms with van der Waals surface area (Å²) in [4.78, 5) is 11.6. The number of carbonyl (C=O) groups is 1. The van der Waals surface area contributed by atoms with Crippen molar-refractivity contribution in [3.05, 3.63) is 35.4 Å². The lowest BCUT2D eigenvalue weighted by Gasteiger charge is -2.27. The van der Waals surface area contributed by atoms with Crippen molar-refractivity contribution in [2.75, 3.05) is 6.61 Å². The first-order valence-electron chi connectivity index (χ1n) is 6.36. The van der Waals surface area contributed by atoms with Gasteiger partial charge >= 0.3 is 6.09 Å². The molecule has 1 aromatic rings. The SMILES string of the molecule is CC(C)(C)OC(=O)NNC1COCc2ccccc21. The van der Waals surface area contributed by atoms with Crippen molar-refractivity contribution in [3.63, 3.8) is 0 Å². The number of carbonyl (C=O) groups excluding carboxylic acids is 1. The topological polar surface area (TPSA) is 59.6 Å². The molecule has 2 N–H and O–H groups in total. The molecule has 1 unspecified atom stereocenters. The predicted octanol–water partition coefficient (Wildman–Crippen LogP) is 2.29. The molecule has 1 aliphatic heterocycles. The Balaban J connectivity index is 1.93. The maximum absolute atomic E-state index is 11.6. The van der Waals surface area contributed by atoms with Gasteiger partial charge in [0.25, 0.3) is 0 Å². The van der Waals surface area contributed by atoms with Crippen LogP contribution in [0, 0.1) is 0 Å². The minimum atomic E-state index is -0.507. The summed E-state index contributed by atoms with van der Waals surface area (Å²) in [5.41, 5.74) is 7.28. The smallest absolute Gasteiger partial charge is 0.422 e. The van der Waals surface area contributed by atoms with E-state index in [1.54, 1.807) is 0 Å². The Hall–Kier alpha value is -1.59. The van der Waals surface area contributed by atoms with Gasteiger partial charge in [0, 0.05) is 0 Å². The summed E-state index contributed by atoms with van der Waals surface area (Å²) in [6.07, 6.45) is -0.490. The predicted molar refractivity (Wildman–Crippen MR) is 71.3 cm³/mol. The van der Waals surface area contributed by atoms with Gasteiger partial charge in [-0.25, -0.2) is 10.2 Å². The summed E-state index contributed by atoms with van der Waals surface area (Å²) in [6.45, 7) is 6.61. The molecule has 0 fully saturated rings. The molecule has 1 aliphatic rings. The van der Waals surface area contributed by atoms with Crippen LogP contribution in [0.15, 0.2) is 24.3 Å². The van der Waals surface area contributed by atoms with Crippen molar-refractivity contribution in [3.8, 4) is 0 Å². The Morgan fingerprint density at radius 1 is 1.37 bits per heavy atom. The Kier molecular flexibility index (Phi) is 4.07. The minimum absolute atomic E-state index is 0.0579. The molecule has 1 aromatic carbocycles. The highest BCUT2D eigenvalue weighted by atomic mass is 16.6. The number of benzene rings is 1. The third kappa shape index (κ3) is 3.94. The van der Waals surface area contributed by atoms with E-state index in [1.807, 2.05) is 45.0 Å². The van der Waals surface area contributed by atoms with Crippen molar-refractivity contribution in [2.45, 2.75) is 39.0 Å². The van der Waals surface area contributed by atoms with Crippen molar-refractivity contribution >= 4 is 6.09 Å². The first-order valence-corrected chi connectivity index (χ1v) is 6.36. The van der Waals surface area contributed by atoms with E-state index >= 15 is 0 Å².